The van der Waals surface area contributed by atoms with E-state index in [-0.39, 0.29) is 11.8 Å². The van der Waals surface area contributed by atoms with Gasteiger partial charge in [0.15, 0.2) is 0 Å². The maximum absolute atomic E-state index is 13.1. The van der Waals surface area contributed by atoms with Crippen LogP contribution in [0.3, 0.4) is 0 Å². The topological polar surface area (TPSA) is 98.9 Å². The highest BCUT2D eigenvalue weighted by Gasteiger charge is 2.34. The highest BCUT2D eigenvalue weighted by molar-refractivity contribution is 7.12. The lowest BCUT2D eigenvalue weighted by atomic mass is 9.90. The molecule has 1 amide bonds. The first-order chi connectivity index (χ1) is 14.7. The number of H-pyrrole nitrogens is 1. The lowest BCUT2D eigenvalue weighted by Gasteiger charge is -2.24. The molecule has 2 aromatic rings. The predicted octanol–water partition coefficient (Wildman–Crippen LogP) is 2.65. The number of anilines is 1. The van der Waals surface area contributed by atoms with Gasteiger partial charge in [-0.05, 0) is 56.4 Å². The third-order valence-electron chi connectivity index (χ3n) is 6.32. The highest BCUT2D eigenvalue weighted by atomic mass is 32.1. The van der Waals surface area contributed by atoms with Crippen molar-refractivity contribution in [2.24, 2.45) is 11.8 Å². The number of aromatic nitrogens is 2. The van der Waals surface area contributed by atoms with Gasteiger partial charge in [0.25, 0.3) is 5.91 Å². The molecule has 2 heterocycles. The minimum absolute atomic E-state index is 0.0207. The summed E-state index contributed by atoms with van der Waals surface area (Å²) in [6.07, 6.45) is 11.2. The van der Waals surface area contributed by atoms with Gasteiger partial charge in [0.1, 0.15) is 5.78 Å². The summed E-state index contributed by atoms with van der Waals surface area (Å²) in [6.45, 7) is 1.38. The summed E-state index contributed by atoms with van der Waals surface area (Å²) in [5.41, 5.74) is 1.96. The number of thiophene rings is 1. The second-order valence-electron chi connectivity index (χ2n) is 8.81. The zero-order valence-corrected chi connectivity index (χ0v) is 17.9. The van der Waals surface area contributed by atoms with Gasteiger partial charge in [-0.2, -0.15) is 0 Å². The van der Waals surface area contributed by atoms with Crippen LogP contribution in [0.2, 0.25) is 0 Å². The molecule has 30 heavy (non-hydrogen) atoms. The van der Waals surface area contributed by atoms with Crippen LogP contribution in [-0.2, 0) is 24.1 Å². The van der Waals surface area contributed by atoms with E-state index < -0.39 is 0 Å². The molecular formula is C22H29N5O2S. The number of carbonyl (C=O) groups is 2. The maximum atomic E-state index is 13.1. The number of fused-ring (bicyclic) bond motifs is 1. The van der Waals surface area contributed by atoms with Crippen LogP contribution in [0.25, 0.3) is 0 Å². The third kappa shape index (κ3) is 4.59. The Balaban J connectivity index is 1.29. The summed E-state index contributed by atoms with van der Waals surface area (Å²) in [5, 5.41) is 9.91. The quantitative estimate of drug-likeness (QED) is 0.437. The number of nitrogens with zero attached hydrogens (tertiary/aromatic N) is 1. The molecular weight excluding hydrogens is 398 g/mol. The maximum Gasteiger partial charge on any atom is 0.252 e. The van der Waals surface area contributed by atoms with Crippen LogP contribution in [0.15, 0.2) is 12.4 Å². The van der Waals surface area contributed by atoms with Crippen molar-refractivity contribution in [3.05, 3.63) is 33.3 Å². The number of ketones is 1. The molecule has 7 nitrogen and oxygen atoms in total. The number of hydrogen-bond donors (Lipinski definition) is 4. The number of hydrogen-bond acceptors (Lipinski definition) is 6. The van der Waals surface area contributed by atoms with Crippen LogP contribution in [0.4, 0.5) is 5.95 Å². The molecule has 3 aliphatic rings. The minimum atomic E-state index is 0.0207. The van der Waals surface area contributed by atoms with Crippen LogP contribution in [-0.4, -0.2) is 40.9 Å². The standard InChI is InChI=1S/C22H29N5O2S/c28-17(14-3-4-14)10-19-20(21(29)25-11-13-1-2-13)16-9-15(5-6-18(16)30-19)26-12-27-22-23-7-8-24-22/h7-8,13-15,26H,1-6,9-12H2,(H,25,29)(H2,23,24,27). The smallest absolute Gasteiger partial charge is 0.252 e. The van der Waals surface area contributed by atoms with E-state index in [1.165, 1.54) is 17.7 Å². The van der Waals surface area contributed by atoms with E-state index in [1.54, 1.807) is 23.7 Å². The minimum Gasteiger partial charge on any atom is -0.352 e. The first-order valence-corrected chi connectivity index (χ1v) is 11.9. The van der Waals surface area contributed by atoms with Crippen molar-refractivity contribution in [1.82, 2.24) is 20.6 Å². The Bertz CT molecular complexity index is 914. The number of Topliss-reactive ketones (excluding diaryl/α,β-unsaturated/α-hetero) is 1. The molecule has 160 valence electrons. The van der Waals surface area contributed by atoms with E-state index in [0.29, 0.717) is 30.8 Å². The number of aryl methyl sites for hydroxylation is 1. The van der Waals surface area contributed by atoms with Gasteiger partial charge in [-0.1, -0.05) is 0 Å². The van der Waals surface area contributed by atoms with Crippen molar-refractivity contribution in [2.45, 2.75) is 57.4 Å². The summed E-state index contributed by atoms with van der Waals surface area (Å²) in [7, 11) is 0. The van der Waals surface area contributed by atoms with Crippen molar-refractivity contribution in [1.29, 1.82) is 0 Å². The van der Waals surface area contributed by atoms with Gasteiger partial charge in [0.2, 0.25) is 5.95 Å². The fourth-order valence-electron chi connectivity index (χ4n) is 4.20. The molecule has 5 rings (SSSR count). The molecule has 2 fully saturated rings. The number of imidazole rings is 1. The Morgan fingerprint density at radius 2 is 2.07 bits per heavy atom. The van der Waals surface area contributed by atoms with Gasteiger partial charge in [0.05, 0.1) is 12.2 Å². The van der Waals surface area contributed by atoms with Crippen molar-refractivity contribution < 1.29 is 9.59 Å². The lowest BCUT2D eigenvalue weighted by Crippen LogP contribution is -2.38. The molecule has 4 N–H and O–H groups in total. The molecule has 0 radical (unpaired) electrons. The van der Waals surface area contributed by atoms with Gasteiger partial charge >= 0.3 is 0 Å². The van der Waals surface area contributed by atoms with Gasteiger partial charge in [-0.25, -0.2) is 4.98 Å². The van der Waals surface area contributed by atoms with Crippen LogP contribution in [0.1, 0.15) is 57.8 Å². The van der Waals surface area contributed by atoms with E-state index in [1.807, 2.05) is 0 Å². The zero-order valence-electron chi connectivity index (χ0n) is 17.1. The fraction of sp³-hybridized carbons (Fsp3) is 0.591. The molecule has 8 heteroatoms. The Morgan fingerprint density at radius 1 is 1.20 bits per heavy atom. The van der Waals surface area contributed by atoms with E-state index in [4.69, 9.17) is 0 Å². The largest absolute Gasteiger partial charge is 0.352 e. The molecule has 1 atom stereocenters. The predicted molar refractivity (Wildman–Crippen MR) is 117 cm³/mol. The number of amides is 1. The summed E-state index contributed by atoms with van der Waals surface area (Å²) in [6, 6.07) is 0.302. The van der Waals surface area contributed by atoms with Gasteiger partial charge in [0, 0.05) is 47.1 Å². The number of carbonyl (C=O) groups excluding carboxylic acids is 2. The summed E-state index contributed by atoms with van der Waals surface area (Å²) < 4.78 is 0. The normalized spacial score (nSPS) is 20.6. The van der Waals surface area contributed by atoms with Gasteiger partial charge in [-0.3, -0.25) is 14.9 Å². The van der Waals surface area contributed by atoms with Crippen LogP contribution >= 0.6 is 11.3 Å². The number of nitrogens with one attached hydrogen (secondary N) is 4. The molecule has 0 aliphatic heterocycles. The Hall–Kier alpha value is -2.19. The number of rotatable bonds is 10. The van der Waals surface area contributed by atoms with Crippen molar-refractivity contribution in [3.63, 3.8) is 0 Å². The second-order valence-corrected chi connectivity index (χ2v) is 10.00. The molecule has 0 saturated heterocycles. The lowest BCUT2D eigenvalue weighted by molar-refractivity contribution is -0.119. The monoisotopic (exact) mass is 427 g/mol. The third-order valence-corrected chi connectivity index (χ3v) is 7.61. The Labute approximate surface area is 180 Å². The summed E-state index contributed by atoms with van der Waals surface area (Å²) in [4.78, 5) is 35.1. The van der Waals surface area contributed by atoms with E-state index in [2.05, 4.69) is 25.9 Å². The SMILES string of the molecule is O=C(NCC1CC1)c1c(CC(=O)C2CC2)sc2c1CC(NCNc1ncc[nH]1)CC2. The zero-order chi connectivity index (χ0) is 20.5. The fourth-order valence-corrected chi connectivity index (χ4v) is 5.56. The molecule has 2 saturated carbocycles. The Kier molecular flexibility index (Phi) is 5.60. The van der Waals surface area contributed by atoms with E-state index in [0.717, 1.165) is 60.6 Å². The van der Waals surface area contributed by atoms with Crippen molar-refractivity contribution >= 4 is 29.0 Å². The molecule has 2 aromatic heterocycles. The van der Waals surface area contributed by atoms with E-state index >= 15 is 0 Å². The summed E-state index contributed by atoms with van der Waals surface area (Å²) in [5.74, 6) is 1.95. The molecule has 0 aromatic carbocycles. The second kappa shape index (κ2) is 8.51. The highest BCUT2D eigenvalue weighted by Crippen LogP contribution is 2.38. The van der Waals surface area contributed by atoms with Crippen LogP contribution in [0.5, 0.6) is 0 Å². The number of aromatic amines is 1. The van der Waals surface area contributed by atoms with Gasteiger partial charge < -0.3 is 15.6 Å². The van der Waals surface area contributed by atoms with Crippen molar-refractivity contribution in [2.75, 3.05) is 18.5 Å². The van der Waals surface area contributed by atoms with E-state index in [9.17, 15) is 9.59 Å². The first-order valence-electron chi connectivity index (χ1n) is 11.1. The van der Waals surface area contributed by atoms with Crippen molar-refractivity contribution in [3.8, 4) is 0 Å². The Morgan fingerprint density at radius 3 is 2.80 bits per heavy atom. The molecule has 0 bridgehead atoms. The van der Waals surface area contributed by atoms with Crippen LogP contribution in [0, 0.1) is 11.8 Å². The molecule has 0 spiro atoms. The van der Waals surface area contributed by atoms with Gasteiger partial charge in [-0.15, -0.1) is 11.3 Å². The molecule has 3 aliphatic carbocycles. The van der Waals surface area contributed by atoms with Crippen LogP contribution < -0.4 is 16.0 Å². The summed E-state index contributed by atoms with van der Waals surface area (Å²) >= 11 is 1.70. The average molecular weight is 428 g/mol. The molecule has 1 unspecified atom stereocenters. The first kappa shape index (κ1) is 19.8. The average Bonchev–Trinajstić information content (AvgIpc) is 3.66.